The first-order valence-electron chi connectivity index (χ1n) is 13.0. The van der Waals surface area contributed by atoms with Crippen LogP contribution in [0.25, 0.3) is 0 Å². The van der Waals surface area contributed by atoms with Crippen molar-refractivity contribution in [1.82, 2.24) is 15.3 Å². The second-order valence-corrected chi connectivity index (χ2v) is 11.9. The van der Waals surface area contributed by atoms with Crippen molar-refractivity contribution in [2.45, 2.75) is 25.9 Å². The van der Waals surface area contributed by atoms with Crippen LogP contribution in [0, 0.1) is 0 Å². The maximum absolute atomic E-state index is 11.4. The first kappa shape index (κ1) is 28.4. The Morgan fingerprint density at radius 2 is 1.82 bits per heavy atom. The molecule has 0 aliphatic carbocycles. The summed E-state index contributed by atoms with van der Waals surface area (Å²) in [4.78, 5) is 12.2. The monoisotopic (exact) mass is 551 g/mol. The standard InChI is InChI=1S/C29H37N5O4S/c1-33(17-18-39(3,35)36)16-8-7-11-25-19-27-28(20-34(25)37-2)30-22-31-29(27)32-24-12-14-26(15-13-24)38-21-23-9-5-4-6-10-23/h4-6,9-10,12-15,19-20,22,32H,7-8,11,16-18,21H2,1-3H3,(H,30,31). The molecule has 0 aromatic heterocycles. The summed E-state index contributed by atoms with van der Waals surface area (Å²) in [5.41, 5.74) is 4.90. The van der Waals surface area contributed by atoms with Crippen LogP contribution in [-0.4, -0.2) is 64.0 Å². The molecule has 0 bridgehead atoms. The molecule has 4 rings (SSSR count). The zero-order valence-electron chi connectivity index (χ0n) is 22.8. The van der Waals surface area contributed by atoms with Crippen molar-refractivity contribution in [3.05, 3.63) is 95.2 Å². The third-order valence-corrected chi connectivity index (χ3v) is 7.35. The summed E-state index contributed by atoms with van der Waals surface area (Å²) in [6.45, 7) is 1.90. The van der Waals surface area contributed by atoms with E-state index < -0.39 is 9.84 Å². The number of hydroxylamine groups is 2. The van der Waals surface area contributed by atoms with Gasteiger partial charge < -0.3 is 20.3 Å². The molecular weight excluding hydrogens is 514 g/mol. The minimum Gasteiger partial charge on any atom is -0.489 e. The van der Waals surface area contributed by atoms with Crippen molar-refractivity contribution in [3.8, 4) is 5.75 Å². The van der Waals surface area contributed by atoms with Gasteiger partial charge in [-0.3, -0.25) is 4.84 Å². The molecule has 0 spiro atoms. The number of ether oxygens (including phenoxy) is 1. The highest BCUT2D eigenvalue weighted by Gasteiger charge is 2.22. The summed E-state index contributed by atoms with van der Waals surface area (Å²) in [7, 11) is 0.658. The molecule has 2 aliphatic rings. The Hall–Kier alpha value is -3.60. The number of benzene rings is 2. The van der Waals surface area contributed by atoms with Crippen LogP contribution in [-0.2, 0) is 21.3 Å². The number of nitrogens with zero attached hydrogens (tertiary/aromatic N) is 3. The Balaban J connectivity index is 1.37. The van der Waals surface area contributed by atoms with Gasteiger partial charge in [-0.05, 0) is 68.8 Å². The average Bonchev–Trinajstić information content (AvgIpc) is 2.94. The summed E-state index contributed by atoms with van der Waals surface area (Å²) in [6, 6.07) is 17.9. The Bertz CT molecular complexity index is 1340. The smallest absolute Gasteiger partial charge is 0.148 e. The number of sulfone groups is 1. The first-order valence-corrected chi connectivity index (χ1v) is 15.1. The third-order valence-electron chi connectivity index (χ3n) is 6.43. The molecule has 0 radical (unpaired) electrons. The normalized spacial score (nSPS) is 15.0. The third kappa shape index (κ3) is 8.71. The van der Waals surface area contributed by atoms with Gasteiger partial charge in [-0.2, -0.15) is 0 Å². The number of anilines is 1. The van der Waals surface area contributed by atoms with E-state index in [9.17, 15) is 8.42 Å². The van der Waals surface area contributed by atoms with Crippen LogP contribution in [0.2, 0.25) is 0 Å². The van der Waals surface area contributed by atoms with Crippen molar-refractivity contribution in [3.63, 3.8) is 0 Å². The lowest BCUT2D eigenvalue weighted by molar-refractivity contribution is -0.0613. The summed E-state index contributed by atoms with van der Waals surface area (Å²) in [5.74, 6) is 1.72. The van der Waals surface area contributed by atoms with Gasteiger partial charge in [0.15, 0.2) is 0 Å². The van der Waals surface area contributed by atoms with Gasteiger partial charge in [-0.1, -0.05) is 30.3 Å². The molecule has 2 aromatic rings. The SMILES string of the molecule is CON1C=C2NC=NC(Nc3ccc(OCc4ccccc4)cc3)=C2C=C1CCCCN(C)CCS(C)(=O)=O. The number of rotatable bonds is 14. The van der Waals surface area contributed by atoms with E-state index in [1.807, 2.05) is 67.8 Å². The maximum Gasteiger partial charge on any atom is 0.148 e. The van der Waals surface area contributed by atoms with Crippen molar-refractivity contribution >= 4 is 21.9 Å². The van der Waals surface area contributed by atoms with Crippen LogP contribution in [0.3, 0.4) is 0 Å². The number of hydrogen-bond acceptors (Lipinski definition) is 9. The van der Waals surface area contributed by atoms with E-state index >= 15 is 0 Å². The van der Waals surface area contributed by atoms with Crippen LogP contribution in [0.1, 0.15) is 24.8 Å². The van der Waals surface area contributed by atoms with E-state index in [0.29, 0.717) is 13.2 Å². The molecule has 2 N–H and O–H groups in total. The van der Waals surface area contributed by atoms with Gasteiger partial charge in [0.1, 0.15) is 28.0 Å². The predicted molar refractivity (Wildman–Crippen MR) is 156 cm³/mol. The Morgan fingerprint density at radius 3 is 2.54 bits per heavy atom. The zero-order chi connectivity index (χ0) is 27.7. The fraction of sp³-hybridized carbons (Fsp3) is 0.345. The van der Waals surface area contributed by atoms with Gasteiger partial charge in [0.25, 0.3) is 0 Å². The lowest BCUT2D eigenvalue weighted by Crippen LogP contribution is -2.28. The molecule has 9 nitrogen and oxygen atoms in total. The van der Waals surface area contributed by atoms with Crippen LogP contribution < -0.4 is 15.4 Å². The molecule has 2 aliphatic heterocycles. The lowest BCUT2D eigenvalue weighted by atomic mass is 10.0. The van der Waals surface area contributed by atoms with E-state index in [4.69, 9.17) is 9.57 Å². The van der Waals surface area contributed by atoms with Crippen LogP contribution in [0.4, 0.5) is 5.69 Å². The molecule has 0 saturated carbocycles. The van der Waals surface area contributed by atoms with E-state index in [0.717, 1.165) is 65.6 Å². The van der Waals surface area contributed by atoms with Gasteiger partial charge in [0.2, 0.25) is 0 Å². The number of unbranched alkanes of at least 4 members (excludes halogenated alkanes) is 1. The average molecular weight is 552 g/mol. The molecule has 10 heteroatoms. The Morgan fingerprint density at radius 1 is 1.05 bits per heavy atom. The number of hydrogen-bond donors (Lipinski definition) is 2. The van der Waals surface area contributed by atoms with Crippen LogP contribution in [0.5, 0.6) is 5.75 Å². The second kappa shape index (κ2) is 13.5. The molecule has 0 amide bonds. The highest BCUT2D eigenvalue weighted by molar-refractivity contribution is 7.90. The quantitative estimate of drug-likeness (QED) is 0.336. The molecule has 39 heavy (non-hydrogen) atoms. The molecule has 0 unspecified atom stereocenters. The summed E-state index contributed by atoms with van der Waals surface area (Å²) < 4.78 is 28.7. The minimum absolute atomic E-state index is 0.181. The fourth-order valence-corrected chi connectivity index (χ4v) is 4.85. The fourth-order valence-electron chi connectivity index (χ4n) is 4.21. The Kier molecular flexibility index (Phi) is 9.80. The number of aliphatic imine (C=N–C) groups is 1. The molecule has 0 saturated heterocycles. The first-order chi connectivity index (χ1) is 18.8. The highest BCUT2D eigenvalue weighted by Crippen LogP contribution is 2.30. The molecule has 208 valence electrons. The largest absolute Gasteiger partial charge is 0.489 e. The van der Waals surface area contributed by atoms with Gasteiger partial charge in [0.05, 0.1) is 31.1 Å². The van der Waals surface area contributed by atoms with E-state index in [1.165, 1.54) is 6.26 Å². The zero-order valence-corrected chi connectivity index (χ0v) is 23.6. The van der Waals surface area contributed by atoms with E-state index in [2.05, 4.69) is 26.6 Å². The lowest BCUT2D eigenvalue weighted by Gasteiger charge is -2.29. The van der Waals surface area contributed by atoms with Crippen LogP contribution in [0.15, 0.2) is 94.7 Å². The van der Waals surface area contributed by atoms with Crippen molar-refractivity contribution in [1.29, 1.82) is 0 Å². The van der Waals surface area contributed by atoms with Crippen LogP contribution >= 0.6 is 0 Å². The molecule has 2 heterocycles. The highest BCUT2D eigenvalue weighted by atomic mass is 32.2. The molecule has 0 fully saturated rings. The van der Waals surface area contributed by atoms with E-state index in [1.54, 1.807) is 18.5 Å². The van der Waals surface area contributed by atoms with Gasteiger partial charge in [0, 0.05) is 29.8 Å². The molecular formula is C29H37N5O4S. The molecule has 0 atom stereocenters. The van der Waals surface area contributed by atoms with Crippen molar-refractivity contribution in [2.24, 2.45) is 4.99 Å². The summed E-state index contributed by atoms with van der Waals surface area (Å²) in [6.07, 6.45) is 9.65. The minimum atomic E-state index is -2.95. The van der Waals surface area contributed by atoms with Crippen molar-refractivity contribution in [2.75, 3.05) is 44.6 Å². The predicted octanol–water partition coefficient (Wildman–Crippen LogP) is 4.27. The summed E-state index contributed by atoms with van der Waals surface area (Å²) >= 11 is 0. The number of nitrogens with one attached hydrogen (secondary N) is 2. The number of allylic oxidation sites excluding steroid dienone is 2. The van der Waals surface area contributed by atoms with Gasteiger partial charge in [-0.15, -0.1) is 0 Å². The topological polar surface area (TPSA) is 95.5 Å². The Labute approximate surface area is 231 Å². The molecule has 2 aromatic carbocycles. The summed E-state index contributed by atoms with van der Waals surface area (Å²) in [5, 5.41) is 8.40. The van der Waals surface area contributed by atoms with Gasteiger partial charge in [-0.25, -0.2) is 18.5 Å². The van der Waals surface area contributed by atoms with E-state index in [-0.39, 0.29) is 5.75 Å². The van der Waals surface area contributed by atoms with Gasteiger partial charge >= 0.3 is 0 Å². The number of fused-ring (bicyclic) bond motifs is 1. The maximum atomic E-state index is 11.4. The van der Waals surface area contributed by atoms with Crippen molar-refractivity contribution < 1.29 is 18.0 Å². The second-order valence-electron chi connectivity index (χ2n) is 9.67.